The fourth-order valence-electron chi connectivity index (χ4n) is 2.84. The van der Waals surface area contributed by atoms with E-state index in [-0.39, 0.29) is 23.5 Å². The molecule has 1 aromatic carbocycles. The lowest BCUT2D eigenvalue weighted by Crippen LogP contribution is -2.27. The molecule has 0 unspecified atom stereocenters. The predicted molar refractivity (Wildman–Crippen MR) is 101 cm³/mol. The van der Waals surface area contributed by atoms with Gasteiger partial charge >= 0.3 is 5.97 Å². The number of fused-ring (bicyclic) bond motifs is 1. The summed E-state index contributed by atoms with van der Waals surface area (Å²) < 4.78 is 6.26. The maximum atomic E-state index is 12.8. The van der Waals surface area contributed by atoms with Crippen molar-refractivity contribution >= 4 is 29.0 Å². The molecule has 1 aliphatic carbocycles. The number of hydrogen-bond donors (Lipinski definition) is 2. The minimum Gasteiger partial charge on any atom is -0.465 e. The van der Waals surface area contributed by atoms with Gasteiger partial charge in [-0.15, -0.1) is 0 Å². The first kappa shape index (κ1) is 17.7. The van der Waals surface area contributed by atoms with Crippen LogP contribution in [0.5, 0.6) is 0 Å². The smallest absolute Gasteiger partial charge is 0.337 e. The van der Waals surface area contributed by atoms with Crippen LogP contribution in [0, 0.1) is 0 Å². The van der Waals surface area contributed by atoms with Crippen molar-refractivity contribution in [3.8, 4) is 0 Å². The highest BCUT2D eigenvalue weighted by atomic mass is 16.5. The number of hydrogen-bond acceptors (Lipinski definition) is 5. The van der Waals surface area contributed by atoms with Crippen LogP contribution in [0.4, 0.5) is 5.69 Å². The third-order valence-electron chi connectivity index (χ3n) is 4.44. The van der Waals surface area contributed by atoms with Crippen LogP contribution in [0.3, 0.4) is 0 Å². The van der Waals surface area contributed by atoms with Gasteiger partial charge in [-0.25, -0.2) is 9.78 Å². The Balaban J connectivity index is 1.60. The quantitative estimate of drug-likeness (QED) is 0.663. The zero-order valence-electron chi connectivity index (χ0n) is 15.1. The number of rotatable bonds is 5. The van der Waals surface area contributed by atoms with Crippen LogP contribution < -0.4 is 10.6 Å². The summed E-state index contributed by atoms with van der Waals surface area (Å²) in [5.41, 5.74) is 1.57. The molecule has 1 saturated carbocycles. The van der Waals surface area contributed by atoms with Crippen molar-refractivity contribution in [2.24, 2.45) is 0 Å². The highest BCUT2D eigenvalue weighted by Gasteiger charge is 2.27. The lowest BCUT2D eigenvalue weighted by molar-refractivity contribution is 0.0600. The number of esters is 1. The molecule has 0 radical (unpaired) electrons. The molecule has 2 N–H and O–H groups in total. The highest BCUT2D eigenvalue weighted by Crippen LogP contribution is 2.21. The number of pyridine rings is 1. The first-order valence-corrected chi connectivity index (χ1v) is 8.84. The Morgan fingerprint density at radius 2 is 1.82 bits per heavy atom. The number of nitrogens with zero attached hydrogens (tertiary/aromatic N) is 2. The first-order valence-electron chi connectivity index (χ1n) is 8.84. The maximum Gasteiger partial charge on any atom is 0.337 e. The van der Waals surface area contributed by atoms with E-state index in [2.05, 4.69) is 20.4 Å². The van der Waals surface area contributed by atoms with Crippen LogP contribution >= 0.6 is 0 Å². The van der Waals surface area contributed by atoms with E-state index in [4.69, 9.17) is 0 Å². The number of imidazole rings is 1. The lowest BCUT2D eigenvalue weighted by Gasteiger charge is -2.05. The van der Waals surface area contributed by atoms with Crippen LogP contribution in [-0.4, -0.2) is 40.3 Å². The van der Waals surface area contributed by atoms with Crippen molar-refractivity contribution in [2.75, 3.05) is 12.4 Å². The van der Waals surface area contributed by atoms with E-state index < -0.39 is 11.9 Å². The number of amides is 2. The van der Waals surface area contributed by atoms with Gasteiger partial charge in [0.1, 0.15) is 0 Å². The zero-order chi connectivity index (χ0) is 19.7. The third kappa shape index (κ3) is 3.44. The molecule has 0 saturated heterocycles. The zero-order valence-corrected chi connectivity index (χ0v) is 15.1. The van der Waals surface area contributed by atoms with Crippen molar-refractivity contribution in [1.82, 2.24) is 14.7 Å². The average Bonchev–Trinajstić information content (AvgIpc) is 3.44. The number of carbonyl (C=O) groups excluding carboxylic acids is 3. The van der Waals surface area contributed by atoms with E-state index in [1.54, 1.807) is 53.1 Å². The molecular formula is C20H18N4O4. The molecule has 0 aliphatic heterocycles. The molecule has 8 heteroatoms. The summed E-state index contributed by atoms with van der Waals surface area (Å²) in [4.78, 5) is 41.0. The summed E-state index contributed by atoms with van der Waals surface area (Å²) in [5.74, 6) is -1.02. The van der Waals surface area contributed by atoms with Crippen molar-refractivity contribution in [3.05, 3.63) is 65.7 Å². The molecule has 3 aromatic rings. The van der Waals surface area contributed by atoms with Crippen LogP contribution in [0.25, 0.3) is 5.52 Å². The number of carbonyl (C=O) groups is 3. The molecule has 0 spiro atoms. The molecule has 2 amide bonds. The third-order valence-corrected chi connectivity index (χ3v) is 4.44. The van der Waals surface area contributed by atoms with Crippen LogP contribution in [0.15, 0.2) is 48.7 Å². The van der Waals surface area contributed by atoms with E-state index in [0.717, 1.165) is 12.8 Å². The van der Waals surface area contributed by atoms with Gasteiger partial charge in [-0.3, -0.25) is 14.0 Å². The number of nitrogens with one attached hydrogen (secondary N) is 2. The Morgan fingerprint density at radius 3 is 2.50 bits per heavy atom. The lowest BCUT2D eigenvalue weighted by atomic mass is 10.2. The van der Waals surface area contributed by atoms with E-state index >= 15 is 0 Å². The molecule has 142 valence electrons. The SMILES string of the molecule is COC(=O)c1ccc(NC(=O)c2nc(C(=O)NC3CC3)n3ccccc23)cc1. The maximum absolute atomic E-state index is 12.8. The summed E-state index contributed by atoms with van der Waals surface area (Å²) in [5, 5.41) is 5.63. The Hall–Kier alpha value is -3.68. The molecule has 2 heterocycles. The van der Waals surface area contributed by atoms with E-state index in [0.29, 0.717) is 16.8 Å². The van der Waals surface area contributed by atoms with Gasteiger partial charge < -0.3 is 15.4 Å². The van der Waals surface area contributed by atoms with Gasteiger partial charge in [-0.05, 0) is 49.2 Å². The molecule has 8 nitrogen and oxygen atoms in total. The molecule has 0 bridgehead atoms. The van der Waals surface area contributed by atoms with Crippen LogP contribution in [0.1, 0.15) is 44.3 Å². The second kappa shape index (κ2) is 7.15. The average molecular weight is 378 g/mol. The van der Waals surface area contributed by atoms with Gasteiger partial charge in [-0.2, -0.15) is 0 Å². The predicted octanol–water partition coefficient (Wildman–Crippen LogP) is 2.27. The van der Waals surface area contributed by atoms with E-state index in [1.807, 2.05) is 0 Å². The molecule has 28 heavy (non-hydrogen) atoms. The Bertz CT molecular complexity index is 1070. The summed E-state index contributed by atoms with van der Waals surface area (Å²) >= 11 is 0. The molecule has 1 aliphatic rings. The van der Waals surface area contributed by atoms with Crippen molar-refractivity contribution in [3.63, 3.8) is 0 Å². The minimum atomic E-state index is -0.454. The monoisotopic (exact) mass is 378 g/mol. The number of benzene rings is 1. The normalized spacial score (nSPS) is 13.2. The molecule has 4 rings (SSSR count). The summed E-state index contributed by atoms with van der Waals surface area (Å²) in [6, 6.07) is 11.8. The fourth-order valence-corrected chi connectivity index (χ4v) is 2.84. The number of methoxy groups -OCH3 is 1. The molecule has 1 fully saturated rings. The van der Waals surface area contributed by atoms with Crippen LogP contribution in [-0.2, 0) is 4.74 Å². The molecule has 2 aromatic heterocycles. The summed E-state index contributed by atoms with van der Waals surface area (Å²) in [6.45, 7) is 0. The second-order valence-electron chi connectivity index (χ2n) is 6.51. The van der Waals surface area contributed by atoms with Crippen molar-refractivity contribution < 1.29 is 19.1 Å². The minimum absolute atomic E-state index is 0.151. The van der Waals surface area contributed by atoms with Gasteiger partial charge in [0.25, 0.3) is 11.8 Å². The number of anilines is 1. The number of ether oxygens (including phenoxy) is 1. The molecular weight excluding hydrogens is 360 g/mol. The largest absolute Gasteiger partial charge is 0.465 e. The fraction of sp³-hybridized carbons (Fsp3) is 0.200. The van der Waals surface area contributed by atoms with Gasteiger partial charge in [0.05, 0.1) is 18.2 Å². The van der Waals surface area contributed by atoms with Gasteiger partial charge in [-0.1, -0.05) is 6.07 Å². The Kier molecular flexibility index (Phi) is 4.52. The second-order valence-corrected chi connectivity index (χ2v) is 6.51. The van der Waals surface area contributed by atoms with Gasteiger partial charge in [0, 0.05) is 17.9 Å². The van der Waals surface area contributed by atoms with Crippen molar-refractivity contribution in [2.45, 2.75) is 18.9 Å². The molecule has 0 atom stereocenters. The Morgan fingerprint density at radius 1 is 1.07 bits per heavy atom. The van der Waals surface area contributed by atoms with E-state index in [1.165, 1.54) is 7.11 Å². The highest BCUT2D eigenvalue weighted by molar-refractivity contribution is 6.09. The number of aromatic nitrogens is 2. The standard InChI is InChI=1S/C20H18N4O4/c1-28-20(27)12-5-7-13(8-6-12)21-18(25)16-15-4-2-3-11-24(15)17(23-16)19(26)22-14-9-10-14/h2-8,11,14H,9-10H2,1H3,(H,21,25)(H,22,26). The van der Waals surface area contributed by atoms with Crippen LogP contribution in [0.2, 0.25) is 0 Å². The van der Waals surface area contributed by atoms with Gasteiger partial charge in [0.15, 0.2) is 5.69 Å². The topological polar surface area (TPSA) is 102 Å². The summed E-state index contributed by atoms with van der Waals surface area (Å²) in [7, 11) is 1.30. The first-order chi connectivity index (χ1) is 13.6. The van der Waals surface area contributed by atoms with Gasteiger partial charge in [0.2, 0.25) is 5.82 Å². The van der Waals surface area contributed by atoms with Crippen molar-refractivity contribution in [1.29, 1.82) is 0 Å². The summed E-state index contributed by atoms with van der Waals surface area (Å²) in [6.07, 6.45) is 3.62. The van der Waals surface area contributed by atoms with E-state index in [9.17, 15) is 14.4 Å². The Labute approximate surface area is 160 Å².